The number of carbonyl (C=O) groups is 1. The van der Waals surface area contributed by atoms with Crippen molar-refractivity contribution in [3.63, 3.8) is 0 Å². The van der Waals surface area contributed by atoms with Gasteiger partial charge >= 0.3 is 0 Å². The van der Waals surface area contributed by atoms with Gasteiger partial charge in [0.15, 0.2) is 11.6 Å². The lowest BCUT2D eigenvalue weighted by Gasteiger charge is -2.08. The Morgan fingerprint density at radius 3 is 2.85 bits per heavy atom. The van der Waals surface area contributed by atoms with E-state index < -0.39 is 5.82 Å². The first-order valence-corrected chi connectivity index (χ1v) is 8.63. The number of imidazole rings is 1. The van der Waals surface area contributed by atoms with E-state index in [0.717, 1.165) is 22.4 Å². The van der Waals surface area contributed by atoms with Gasteiger partial charge in [0.25, 0.3) is 0 Å². The van der Waals surface area contributed by atoms with Crippen LogP contribution in [0.15, 0.2) is 36.4 Å². The maximum Gasteiger partial charge on any atom is 0.220 e. The molecule has 2 N–H and O–H groups in total. The van der Waals surface area contributed by atoms with Gasteiger partial charge in [-0.3, -0.25) is 4.79 Å². The van der Waals surface area contributed by atoms with Gasteiger partial charge in [-0.2, -0.15) is 0 Å². The van der Waals surface area contributed by atoms with Gasteiger partial charge < -0.3 is 15.0 Å². The highest BCUT2D eigenvalue weighted by molar-refractivity contribution is 5.80. The Balaban J connectivity index is 1.44. The summed E-state index contributed by atoms with van der Waals surface area (Å²) in [7, 11) is 0. The third-order valence-electron chi connectivity index (χ3n) is 4.33. The van der Waals surface area contributed by atoms with Crippen molar-refractivity contribution < 1.29 is 13.9 Å². The highest BCUT2D eigenvalue weighted by Gasteiger charge is 2.09. The fourth-order valence-electron chi connectivity index (χ4n) is 2.72. The first-order valence-electron chi connectivity index (χ1n) is 8.63. The van der Waals surface area contributed by atoms with E-state index in [4.69, 9.17) is 4.74 Å². The van der Waals surface area contributed by atoms with Crippen molar-refractivity contribution in [1.82, 2.24) is 15.3 Å². The molecule has 136 valence electrons. The zero-order valence-electron chi connectivity index (χ0n) is 14.9. The van der Waals surface area contributed by atoms with Crippen LogP contribution in [0.25, 0.3) is 11.0 Å². The Kier molecular flexibility index (Phi) is 5.51. The van der Waals surface area contributed by atoms with Crippen molar-refractivity contribution in [3.05, 3.63) is 59.2 Å². The van der Waals surface area contributed by atoms with Crippen LogP contribution in [0.5, 0.6) is 5.75 Å². The average Bonchev–Trinajstić information content (AvgIpc) is 3.05. The number of para-hydroxylation sites is 1. The Hall–Kier alpha value is -2.89. The summed E-state index contributed by atoms with van der Waals surface area (Å²) in [6, 6.07) is 10.3. The molecule has 0 unspecified atom stereocenters. The number of H-pyrrole nitrogens is 1. The molecule has 0 aliphatic heterocycles. The maximum atomic E-state index is 13.4. The molecule has 0 bridgehead atoms. The number of amides is 1. The molecule has 0 atom stereocenters. The summed E-state index contributed by atoms with van der Waals surface area (Å²) in [5, 5.41) is 2.77. The molecule has 5 nitrogen and oxygen atoms in total. The molecule has 1 heterocycles. The summed E-state index contributed by atoms with van der Waals surface area (Å²) >= 11 is 0. The van der Waals surface area contributed by atoms with Crippen LogP contribution in [-0.4, -0.2) is 29.0 Å². The maximum absolute atomic E-state index is 13.4. The van der Waals surface area contributed by atoms with Crippen LogP contribution in [-0.2, 0) is 11.2 Å². The summed E-state index contributed by atoms with van der Waals surface area (Å²) < 4.78 is 18.7. The first kappa shape index (κ1) is 17.9. The number of aryl methyl sites for hydroxylation is 3. The van der Waals surface area contributed by atoms with Crippen molar-refractivity contribution in [2.45, 2.75) is 26.7 Å². The Morgan fingerprint density at radius 1 is 1.23 bits per heavy atom. The van der Waals surface area contributed by atoms with Gasteiger partial charge in [0, 0.05) is 12.8 Å². The second kappa shape index (κ2) is 7.99. The van der Waals surface area contributed by atoms with E-state index in [-0.39, 0.29) is 18.3 Å². The third kappa shape index (κ3) is 4.20. The van der Waals surface area contributed by atoms with Gasteiger partial charge in [0.2, 0.25) is 5.91 Å². The minimum Gasteiger partial charge on any atom is -0.489 e. The highest BCUT2D eigenvalue weighted by Crippen LogP contribution is 2.19. The molecule has 3 aromatic rings. The zero-order valence-corrected chi connectivity index (χ0v) is 14.9. The van der Waals surface area contributed by atoms with Crippen molar-refractivity contribution in [2.75, 3.05) is 13.2 Å². The molecule has 26 heavy (non-hydrogen) atoms. The number of ether oxygens (including phenoxy) is 1. The van der Waals surface area contributed by atoms with E-state index in [1.807, 2.05) is 13.0 Å². The van der Waals surface area contributed by atoms with Gasteiger partial charge in [-0.15, -0.1) is 0 Å². The molecule has 0 radical (unpaired) electrons. The molecule has 0 spiro atoms. The van der Waals surface area contributed by atoms with E-state index in [1.165, 1.54) is 11.6 Å². The molecule has 2 aromatic carbocycles. The molecule has 1 aromatic heterocycles. The summed E-state index contributed by atoms with van der Waals surface area (Å²) in [6.45, 7) is 4.64. The quantitative estimate of drug-likeness (QED) is 0.638. The minimum atomic E-state index is -0.408. The standard InChI is InChI=1S/C20H22FN3O2/c1-13-7-8-16-20(14(13)2)24-18(23-16)9-10-19(25)22-11-12-26-17-6-4-3-5-15(17)21/h3-8H,9-12H2,1-2H3,(H,22,25)(H,23,24). The smallest absolute Gasteiger partial charge is 0.220 e. The Bertz CT molecular complexity index is 921. The first-order chi connectivity index (χ1) is 12.5. The molecule has 0 saturated carbocycles. The van der Waals surface area contributed by atoms with Crippen LogP contribution in [0, 0.1) is 19.7 Å². The number of rotatable bonds is 7. The number of hydrogen-bond acceptors (Lipinski definition) is 3. The molecule has 1 amide bonds. The fraction of sp³-hybridized carbons (Fsp3) is 0.300. The van der Waals surface area contributed by atoms with E-state index in [2.05, 4.69) is 28.3 Å². The Morgan fingerprint density at radius 2 is 2.04 bits per heavy atom. The number of nitrogens with one attached hydrogen (secondary N) is 2. The average molecular weight is 355 g/mol. The SMILES string of the molecule is Cc1ccc2[nH]c(CCC(=O)NCCOc3ccccc3F)nc2c1C. The number of benzene rings is 2. The van der Waals surface area contributed by atoms with Crippen molar-refractivity contribution in [3.8, 4) is 5.75 Å². The van der Waals surface area contributed by atoms with Gasteiger partial charge in [0.1, 0.15) is 12.4 Å². The number of halogens is 1. The van der Waals surface area contributed by atoms with Crippen LogP contribution < -0.4 is 10.1 Å². The number of nitrogens with zero attached hydrogens (tertiary/aromatic N) is 1. The zero-order chi connectivity index (χ0) is 18.5. The minimum absolute atomic E-state index is 0.0875. The lowest BCUT2D eigenvalue weighted by molar-refractivity contribution is -0.121. The predicted octanol–water partition coefficient (Wildman–Crippen LogP) is 3.45. The number of aromatic nitrogens is 2. The largest absolute Gasteiger partial charge is 0.489 e. The van der Waals surface area contributed by atoms with Gasteiger partial charge in [0.05, 0.1) is 17.6 Å². The lowest BCUT2D eigenvalue weighted by Crippen LogP contribution is -2.28. The van der Waals surface area contributed by atoms with E-state index in [1.54, 1.807) is 18.2 Å². The topological polar surface area (TPSA) is 67.0 Å². The van der Waals surface area contributed by atoms with Crippen molar-refractivity contribution in [1.29, 1.82) is 0 Å². The van der Waals surface area contributed by atoms with Gasteiger partial charge in [-0.1, -0.05) is 18.2 Å². The fourth-order valence-corrected chi connectivity index (χ4v) is 2.72. The number of fused-ring (bicyclic) bond motifs is 1. The molecule has 0 fully saturated rings. The molecule has 6 heteroatoms. The molecular weight excluding hydrogens is 333 g/mol. The summed E-state index contributed by atoms with van der Waals surface area (Å²) in [5.74, 6) is 0.492. The summed E-state index contributed by atoms with van der Waals surface area (Å²) in [6.07, 6.45) is 0.866. The van der Waals surface area contributed by atoms with Gasteiger partial charge in [-0.05, 0) is 43.2 Å². The third-order valence-corrected chi connectivity index (χ3v) is 4.33. The van der Waals surface area contributed by atoms with E-state index >= 15 is 0 Å². The molecular formula is C20H22FN3O2. The normalized spacial score (nSPS) is 10.9. The van der Waals surface area contributed by atoms with E-state index in [9.17, 15) is 9.18 Å². The van der Waals surface area contributed by atoms with Crippen molar-refractivity contribution >= 4 is 16.9 Å². The van der Waals surface area contributed by atoms with Crippen LogP contribution in [0.2, 0.25) is 0 Å². The van der Waals surface area contributed by atoms with E-state index in [0.29, 0.717) is 19.4 Å². The monoisotopic (exact) mass is 355 g/mol. The van der Waals surface area contributed by atoms with Crippen molar-refractivity contribution in [2.24, 2.45) is 0 Å². The molecule has 0 saturated heterocycles. The van der Waals surface area contributed by atoms with Crippen LogP contribution >= 0.6 is 0 Å². The van der Waals surface area contributed by atoms with Crippen LogP contribution in [0.4, 0.5) is 4.39 Å². The number of carbonyl (C=O) groups excluding carboxylic acids is 1. The summed E-state index contributed by atoms with van der Waals surface area (Å²) in [5.41, 5.74) is 4.29. The van der Waals surface area contributed by atoms with Gasteiger partial charge in [-0.25, -0.2) is 9.37 Å². The molecule has 0 aliphatic carbocycles. The highest BCUT2D eigenvalue weighted by atomic mass is 19.1. The predicted molar refractivity (Wildman–Crippen MR) is 98.8 cm³/mol. The summed E-state index contributed by atoms with van der Waals surface area (Å²) in [4.78, 5) is 19.8. The van der Waals surface area contributed by atoms with Crippen LogP contribution in [0.3, 0.4) is 0 Å². The molecule has 3 rings (SSSR count). The number of hydrogen-bond donors (Lipinski definition) is 2. The Labute approximate surface area is 151 Å². The lowest BCUT2D eigenvalue weighted by atomic mass is 10.1. The van der Waals surface area contributed by atoms with Crippen LogP contribution in [0.1, 0.15) is 23.4 Å². The number of aromatic amines is 1. The molecule has 0 aliphatic rings. The second-order valence-corrected chi connectivity index (χ2v) is 6.22. The second-order valence-electron chi connectivity index (χ2n) is 6.22.